The van der Waals surface area contributed by atoms with E-state index in [4.69, 9.17) is 0 Å². The van der Waals surface area contributed by atoms with Gasteiger partial charge in [-0.25, -0.2) is 0 Å². The molecule has 1 atom stereocenters. The molecule has 1 nitrogen and oxygen atoms in total. The van der Waals surface area contributed by atoms with Gasteiger partial charge in [0.05, 0.1) is 0 Å². The molecule has 5 aliphatic carbocycles. The second-order valence-corrected chi connectivity index (χ2v) is 9.11. The van der Waals surface area contributed by atoms with Gasteiger partial charge in [-0.1, -0.05) is 26.2 Å². The normalized spacial score (nSPS) is 44.1. The lowest BCUT2D eigenvalue weighted by atomic mass is 9.46. The Morgan fingerprint density at radius 1 is 0.905 bits per heavy atom. The van der Waals surface area contributed by atoms with Crippen LogP contribution < -0.4 is 5.32 Å². The van der Waals surface area contributed by atoms with Gasteiger partial charge in [-0.15, -0.1) is 0 Å². The fourth-order valence-electron chi connectivity index (χ4n) is 7.21. The maximum Gasteiger partial charge on any atom is 0.0152 e. The predicted molar refractivity (Wildman–Crippen MR) is 89.3 cm³/mol. The molecule has 4 bridgehead atoms. The maximum atomic E-state index is 4.10. The minimum atomic E-state index is 0.714. The lowest BCUT2D eigenvalue weighted by Gasteiger charge is -2.61. The van der Waals surface area contributed by atoms with Crippen LogP contribution in [-0.4, -0.2) is 12.6 Å². The molecule has 0 aromatic heterocycles. The molecule has 0 amide bonds. The molecule has 5 fully saturated rings. The second kappa shape index (κ2) is 5.87. The summed E-state index contributed by atoms with van der Waals surface area (Å²) in [7, 11) is 0. The first-order valence-electron chi connectivity index (χ1n) is 10.0. The molecular weight excluding hydrogens is 254 g/mol. The van der Waals surface area contributed by atoms with Crippen LogP contribution in [0.3, 0.4) is 0 Å². The Labute approximate surface area is 131 Å². The van der Waals surface area contributed by atoms with Gasteiger partial charge in [0.1, 0.15) is 0 Å². The van der Waals surface area contributed by atoms with E-state index in [0.29, 0.717) is 5.41 Å². The highest BCUT2D eigenvalue weighted by molar-refractivity contribution is 5.07. The van der Waals surface area contributed by atoms with Crippen molar-refractivity contribution in [3.8, 4) is 0 Å². The van der Waals surface area contributed by atoms with Crippen LogP contribution in [0.25, 0.3) is 0 Å². The molecule has 0 aromatic rings. The summed E-state index contributed by atoms with van der Waals surface area (Å²) in [6.45, 7) is 3.59. The van der Waals surface area contributed by atoms with E-state index < -0.39 is 0 Å². The van der Waals surface area contributed by atoms with Crippen LogP contribution in [0.15, 0.2) is 0 Å². The van der Waals surface area contributed by atoms with Gasteiger partial charge in [0.2, 0.25) is 0 Å². The van der Waals surface area contributed by atoms with Crippen molar-refractivity contribution in [2.45, 2.75) is 90.0 Å². The zero-order valence-corrected chi connectivity index (χ0v) is 14.1. The molecule has 5 saturated carbocycles. The average molecular weight is 290 g/mol. The predicted octanol–water partition coefficient (Wildman–Crippen LogP) is 5.15. The molecule has 1 unspecified atom stereocenters. The van der Waals surface area contributed by atoms with Gasteiger partial charge in [0.15, 0.2) is 0 Å². The Balaban J connectivity index is 1.56. The first-order valence-corrected chi connectivity index (χ1v) is 10.0. The average Bonchev–Trinajstić information content (AvgIpc) is 2.47. The van der Waals surface area contributed by atoms with E-state index in [-0.39, 0.29) is 0 Å². The smallest absolute Gasteiger partial charge is 0.0152 e. The van der Waals surface area contributed by atoms with E-state index in [2.05, 4.69) is 12.2 Å². The van der Waals surface area contributed by atoms with E-state index in [0.717, 1.165) is 29.7 Å². The molecule has 0 radical (unpaired) electrons. The van der Waals surface area contributed by atoms with E-state index in [1.165, 1.54) is 45.1 Å². The zero-order valence-electron chi connectivity index (χ0n) is 14.1. The largest absolute Gasteiger partial charge is 0.313 e. The molecule has 0 heterocycles. The standard InChI is InChI=1S/C20H35N/c1-2-8-21-19(18-6-4-3-5-7-18)20-12-15-9-16(13-20)11-17(10-15)14-20/h15-19,21H,2-14H2,1H3. The molecule has 5 aliphatic rings. The zero-order chi connectivity index (χ0) is 14.3. The van der Waals surface area contributed by atoms with Crippen molar-refractivity contribution in [2.24, 2.45) is 29.1 Å². The van der Waals surface area contributed by atoms with Crippen LogP contribution in [0.2, 0.25) is 0 Å². The Kier molecular flexibility index (Phi) is 4.07. The van der Waals surface area contributed by atoms with Crippen LogP contribution in [0.1, 0.15) is 84.0 Å². The molecule has 0 saturated heterocycles. The van der Waals surface area contributed by atoms with Gasteiger partial charge in [-0.2, -0.15) is 0 Å². The Bertz CT molecular complexity index is 320. The minimum absolute atomic E-state index is 0.714. The molecule has 5 rings (SSSR count). The van der Waals surface area contributed by atoms with Crippen LogP contribution in [-0.2, 0) is 0 Å². The first kappa shape index (κ1) is 14.5. The summed E-state index contributed by atoms with van der Waals surface area (Å²) in [5, 5.41) is 4.10. The molecular formula is C20H35N. The lowest BCUT2D eigenvalue weighted by Crippen LogP contribution is -2.58. The Morgan fingerprint density at radius 3 is 2.00 bits per heavy atom. The Morgan fingerprint density at radius 2 is 1.48 bits per heavy atom. The fraction of sp³-hybridized carbons (Fsp3) is 1.00. The molecule has 1 heteroatoms. The van der Waals surface area contributed by atoms with Crippen molar-refractivity contribution in [2.75, 3.05) is 6.54 Å². The molecule has 0 aliphatic heterocycles. The molecule has 120 valence electrons. The topological polar surface area (TPSA) is 12.0 Å². The first-order chi connectivity index (χ1) is 10.3. The molecule has 1 N–H and O–H groups in total. The van der Waals surface area contributed by atoms with Gasteiger partial charge < -0.3 is 5.32 Å². The highest BCUT2D eigenvalue weighted by atomic mass is 14.9. The van der Waals surface area contributed by atoms with Crippen molar-refractivity contribution in [1.29, 1.82) is 0 Å². The van der Waals surface area contributed by atoms with Crippen LogP contribution in [0, 0.1) is 29.1 Å². The Hall–Kier alpha value is -0.0400. The van der Waals surface area contributed by atoms with Gasteiger partial charge in [0, 0.05) is 6.04 Å². The molecule has 0 aromatic carbocycles. The number of rotatable bonds is 5. The van der Waals surface area contributed by atoms with Crippen molar-refractivity contribution >= 4 is 0 Å². The van der Waals surface area contributed by atoms with E-state index in [1.54, 1.807) is 38.5 Å². The third-order valence-corrected chi connectivity index (χ3v) is 7.48. The van der Waals surface area contributed by atoms with Gasteiger partial charge in [-0.05, 0) is 93.4 Å². The second-order valence-electron chi connectivity index (χ2n) is 9.11. The number of hydrogen-bond donors (Lipinski definition) is 1. The summed E-state index contributed by atoms with van der Waals surface area (Å²) >= 11 is 0. The summed E-state index contributed by atoms with van der Waals surface area (Å²) in [4.78, 5) is 0. The SMILES string of the molecule is CCCNC(C1CCCCC1)C12CC3CC(CC(C3)C1)C2. The highest BCUT2D eigenvalue weighted by Crippen LogP contribution is 2.62. The van der Waals surface area contributed by atoms with Crippen LogP contribution in [0.5, 0.6) is 0 Å². The molecule has 21 heavy (non-hydrogen) atoms. The van der Waals surface area contributed by atoms with Crippen LogP contribution in [0.4, 0.5) is 0 Å². The van der Waals surface area contributed by atoms with Crippen molar-refractivity contribution in [3.63, 3.8) is 0 Å². The van der Waals surface area contributed by atoms with Crippen molar-refractivity contribution in [1.82, 2.24) is 5.32 Å². The van der Waals surface area contributed by atoms with Gasteiger partial charge in [-0.3, -0.25) is 0 Å². The molecule has 0 spiro atoms. The summed E-state index contributed by atoms with van der Waals surface area (Å²) in [6.07, 6.45) is 18.3. The minimum Gasteiger partial charge on any atom is -0.313 e. The van der Waals surface area contributed by atoms with Crippen molar-refractivity contribution in [3.05, 3.63) is 0 Å². The third-order valence-electron chi connectivity index (χ3n) is 7.48. The monoisotopic (exact) mass is 289 g/mol. The lowest BCUT2D eigenvalue weighted by molar-refractivity contribution is -0.0878. The van der Waals surface area contributed by atoms with Crippen LogP contribution >= 0.6 is 0 Å². The third kappa shape index (κ3) is 2.69. The fourth-order valence-corrected chi connectivity index (χ4v) is 7.21. The summed E-state index contributed by atoms with van der Waals surface area (Å²) in [5.41, 5.74) is 0.714. The summed E-state index contributed by atoms with van der Waals surface area (Å²) in [5.74, 6) is 4.31. The quantitative estimate of drug-likeness (QED) is 0.738. The summed E-state index contributed by atoms with van der Waals surface area (Å²) in [6, 6.07) is 0.867. The highest BCUT2D eigenvalue weighted by Gasteiger charge is 2.55. The van der Waals surface area contributed by atoms with Gasteiger partial charge >= 0.3 is 0 Å². The summed E-state index contributed by atoms with van der Waals surface area (Å²) < 4.78 is 0. The van der Waals surface area contributed by atoms with Crippen molar-refractivity contribution < 1.29 is 0 Å². The number of hydrogen-bond acceptors (Lipinski definition) is 1. The van der Waals surface area contributed by atoms with Gasteiger partial charge in [0.25, 0.3) is 0 Å². The number of nitrogens with one attached hydrogen (secondary N) is 1. The van der Waals surface area contributed by atoms with E-state index in [1.807, 2.05) is 0 Å². The van der Waals surface area contributed by atoms with E-state index in [9.17, 15) is 0 Å². The van der Waals surface area contributed by atoms with E-state index >= 15 is 0 Å². The maximum absolute atomic E-state index is 4.10.